The first-order valence-corrected chi connectivity index (χ1v) is 7.88. The lowest BCUT2D eigenvalue weighted by molar-refractivity contribution is 0.567. The van der Waals surface area contributed by atoms with Crippen LogP contribution >= 0.6 is 11.6 Å². The summed E-state index contributed by atoms with van der Waals surface area (Å²) in [5.74, 6) is 0. The fourth-order valence-electron chi connectivity index (χ4n) is 1.84. The van der Waals surface area contributed by atoms with Gasteiger partial charge >= 0.3 is 0 Å². The molecule has 0 amide bonds. The highest BCUT2D eigenvalue weighted by Gasteiger charge is 2.20. The van der Waals surface area contributed by atoms with Crippen LogP contribution in [0.4, 0.5) is 5.69 Å². The van der Waals surface area contributed by atoms with Gasteiger partial charge in [0.25, 0.3) is 0 Å². The average molecular weight is 311 g/mol. The lowest BCUT2D eigenvalue weighted by Gasteiger charge is -2.15. The Morgan fingerprint density at radius 2 is 1.70 bits per heavy atom. The van der Waals surface area contributed by atoms with Crippen molar-refractivity contribution < 1.29 is 8.42 Å². The largest absolute Gasteiger partial charge is 0.398 e. The van der Waals surface area contributed by atoms with E-state index in [0.29, 0.717) is 5.02 Å². The van der Waals surface area contributed by atoms with Crippen molar-refractivity contribution in [3.8, 4) is 0 Å². The Morgan fingerprint density at radius 3 is 2.30 bits per heavy atom. The first-order chi connectivity index (χ1) is 9.40. The van der Waals surface area contributed by atoms with Crippen molar-refractivity contribution in [3.05, 3.63) is 59.1 Å². The molecule has 106 valence electrons. The number of halogens is 1. The summed E-state index contributed by atoms with van der Waals surface area (Å²) < 4.78 is 27.2. The smallest absolute Gasteiger partial charge is 0.243 e. The predicted molar refractivity (Wildman–Crippen MR) is 81.0 cm³/mol. The number of sulfonamides is 1. The van der Waals surface area contributed by atoms with Gasteiger partial charge in [-0.3, -0.25) is 0 Å². The number of nitrogens with two attached hydrogens (primary N) is 1. The molecule has 0 saturated carbocycles. The van der Waals surface area contributed by atoms with E-state index in [1.165, 1.54) is 6.07 Å². The van der Waals surface area contributed by atoms with E-state index in [4.69, 9.17) is 17.3 Å². The maximum absolute atomic E-state index is 12.3. The van der Waals surface area contributed by atoms with Crippen LogP contribution in [-0.2, 0) is 10.0 Å². The van der Waals surface area contributed by atoms with E-state index < -0.39 is 10.0 Å². The zero-order chi connectivity index (χ0) is 14.8. The van der Waals surface area contributed by atoms with Crippen molar-refractivity contribution in [2.45, 2.75) is 17.9 Å². The van der Waals surface area contributed by atoms with Gasteiger partial charge in [-0.1, -0.05) is 35.9 Å². The zero-order valence-corrected chi connectivity index (χ0v) is 12.4. The summed E-state index contributed by atoms with van der Waals surface area (Å²) in [4.78, 5) is 0.0841. The fourth-order valence-corrected chi connectivity index (χ4v) is 3.33. The molecular formula is C14H15ClN2O2S. The van der Waals surface area contributed by atoms with E-state index in [2.05, 4.69) is 4.72 Å². The lowest BCUT2D eigenvalue weighted by Crippen LogP contribution is -2.27. The molecule has 6 heteroatoms. The third kappa shape index (κ3) is 3.30. The van der Waals surface area contributed by atoms with Gasteiger partial charge in [-0.2, -0.15) is 0 Å². The number of hydrogen-bond donors (Lipinski definition) is 2. The van der Waals surface area contributed by atoms with Crippen LogP contribution in [-0.4, -0.2) is 8.42 Å². The summed E-state index contributed by atoms with van der Waals surface area (Å²) in [5.41, 5.74) is 6.76. The minimum Gasteiger partial charge on any atom is -0.398 e. The number of benzene rings is 2. The number of nitrogen functional groups attached to an aromatic ring is 1. The van der Waals surface area contributed by atoms with Crippen LogP contribution in [0.5, 0.6) is 0 Å². The molecule has 2 aromatic carbocycles. The molecule has 0 aliphatic carbocycles. The molecule has 2 aromatic rings. The van der Waals surface area contributed by atoms with Crippen molar-refractivity contribution in [2.24, 2.45) is 0 Å². The Balaban J connectivity index is 2.24. The summed E-state index contributed by atoms with van der Waals surface area (Å²) in [6, 6.07) is 13.0. The first kappa shape index (κ1) is 14.8. The van der Waals surface area contributed by atoms with Crippen LogP contribution in [0, 0.1) is 0 Å². The monoisotopic (exact) mass is 310 g/mol. The molecular weight excluding hydrogens is 296 g/mol. The minimum atomic E-state index is -3.66. The highest BCUT2D eigenvalue weighted by atomic mass is 35.5. The van der Waals surface area contributed by atoms with E-state index in [1.807, 2.05) is 0 Å². The van der Waals surface area contributed by atoms with Crippen LogP contribution in [0.3, 0.4) is 0 Å². The van der Waals surface area contributed by atoms with Crippen molar-refractivity contribution >= 4 is 27.3 Å². The second-order valence-electron chi connectivity index (χ2n) is 4.43. The van der Waals surface area contributed by atoms with Gasteiger partial charge in [-0.15, -0.1) is 0 Å². The molecule has 3 N–H and O–H groups in total. The molecule has 0 fully saturated rings. The Kier molecular flexibility index (Phi) is 4.32. The standard InChI is InChI=1S/C14H15ClN2O2S/c1-10(11-6-8-12(15)9-7-11)17-20(18,19)14-5-3-2-4-13(14)16/h2-10,17H,16H2,1H3. The first-order valence-electron chi connectivity index (χ1n) is 6.02. The third-order valence-electron chi connectivity index (χ3n) is 2.91. The topological polar surface area (TPSA) is 72.2 Å². The predicted octanol–water partition coefficient (Wildman–Crippen LogP) is 2.96. The molecule has 0 radical (unpaired) electrons. The van der Waals surface area contributed by atoms with E-state index in [9.17, 15) is 8.42 Å². The van der Waals surface area contributed by atoms with Gasteiger partial charge in [0.1, 0.15) is 4.90 Å². The van der Waals surface area contributed by atoms with E-state index >= 15 is 0 Å². The summed E-state index contributed by atoms with van der Waals surface area (Å²) in [5, 5.41) is 0.608. The molecule has 0 bridgehead atoms. The average Bonchev–Trinajstić information content (AvgIpc) is 2.39. The normalized spacial score (nSPS) is 13.1. The molecule has 0 aromatic heterocycles. The summed E-state index contributed by atoms with van der Waals surface area (Å²) in [7, 11) is -3.66. The van der Waals surface area contributed by atoms with Gasteiger partial charge in [0, 0.05) is 11.1 Å². The SMILES string of the molecule is CC(NS(=O)(=O)c1ccccc1N)c1ccc(Cl)cc1. The van der Waals surface area contributed by atoms with Crippen LogP contribution < -0.4 is 10.5 Å². The molecule has 2 rings (SSSR count). The lowest BCUT2D eigenvalue weighted by atomic mass is 10.1. The summed E-state index contributed by atoms with van der Waals surface area (Å²) in [6.07, 6.45) is 0. The van der Waals surface area contributed by atoms with Crippen molar-refractivity contribution in [1.82, 2.24) is 4.72 Å². The summed E-state index contributed by atoms with van der Waals surface area (Å²) >= 11 is 5.81. The van der Waals surface area contributed by atoms with E-state index in [1.54, 1.807) is 49.4 Å². The molecule has 0 aliphatic heterocycles. The van der Waals surface area contributed by atoms with Crippen LogP contribution in [0.25, 0.3) is 0 Å². The molecule has 0 spiro atoms. The number of para-hydroxylation sites is 1. The molecule has 1 unspecified atom stereocenters. The second kappa shape index (κ2) is 5.83. The maximum atomic E-state index is 12.3. The molecule has 0 heterocycles. The highest BCUT2D eigenvalue weighted by Crippen LogP contribution is 2.21. The number of nitrogens with one attached hydrogen (secondary N) is 1. The van der Waals surface area contributed by atoms with E-state index in [0.717, 1.165) is 5.56 Å². The maximum Gasteiger partial charge on any atom is 0.243 e. The zero-order valence-electron chi connectivity index (χ0n) is 10.9. The van der Waals surface area contributed by atoms with Crippen molar-refractivity contribution in [3.63, 3.8) is 0 Å². The Morgan fingerprint density at radius 1 is 1.10 bits per heavy atom. The fraction of sp³-hybridized carbons (Fsp3) is 0.143. The van der Waals surface area contributed by atoms with Crippen LogP contribution in [0.2, 0.25) is 5.02 Å². The molecule has 20 heavy (non-hydrogen) atoms. The molecule has 4 nitrogen and oxygen atoms in total. The third-order valence-corrected chi connectivity index (χ3v) is 4.78. The van der Waals surface area contributed by atoms with Crippen LogP contribution in [0.15, 0.2) is 53.4 Å². The van der Waals surface area contributed by atoms with Gasteiger partial charge in [0.15, 0.2) is 0 Å². The van der Waals surface area contributed by atoms with Gasteiger partial charge in [0.2, 0.25) is 10.0 Å². The van der Waals surface area contributed by atoms with Gasteiger partial charge in [-0.05, 0) is 36.8 Å². The molecule has 1 atom stereocenters. The Labute approximate surface area is 123 Å². The Bertz CT molecular complexity index is 699. The molecule has 0 saturated heterocycles. The van der Waals surface area contributed by atoms with Crippen LogP contribution in [0.1, 0.15) is 18.5 Å². The van der Waals surface area contributed by atoms with Crippen molar-refractivity contribution in [1.29, 1.82) is 0 Å². The summed E-state index contributed by atoms with van der Waals surface area (Å²) in [6.45, 7) is 1.76. The second-order valence-corrected chi connectivity index (χ2v) is 6.55. The number of rotatable bonds is 4. The quantitative estimate of drug-likeness (QED) is 0.853. The van der Waals surface area contributed by atoms with Gasteiger partial charge < -0.3 is 5.73 Å². The minimum absolute atomic E-state index is 0.0841. The molecule has 0 aliphatic rings. The van der Waals surface area contributed by atoms with Gasteiger partial charge in [0.05, 0.1) is 5.69 Å². The number of hydrogen-bond acceptors (Lipinski definition) is 3. The number of anilines is 1. The highest BCUT2D eigenvalue weighted by molar-refractivity contribution is 7.89. The van der Waals surface area contributed by atoms with Gasteiger partial charge in [-0.25, -0.2) is 13.1 Å². The van der Waals surface area contributed by atoms with Crippen molar-refractivity contribution in [2.75, 3.05) is 5.73 Å². The van der Waals surface area contributed by atoms with E-state index in [-0.39, 0.29) is 16.6 Å². The Hall–Kier alpha value is -1.56.